The normalized spacial score (nSPS) is 15.9. The first-order valence-corrected chi connectivity index (χ1v) is 7.55. The number of hydrogen-bond acceptors (Lipinski definition) is 5. The van der Waals surface area contributed by atoms with Crippen LogP contribution in [-0.2, 0) is 11.3 Å². The molecule has 1 aromatic rings. The fourth-order valence-electron chi connectivity index (χ4n) is 2.48. The molecular weight excluding hydrogens is 268 g/mol. The van der Waals surface area contributed by atoms with Gasteiger partial charge in [0.25, 0.3) is 0 Å². The van der Waals surface area contributed by atoms with E-state index >= 15 is 0 Å². The maximum atomic E-state index is 5.35. The third-order valence-corrected chi connectivity index (χ3v) is 3.71. The number of morpholine rings is 1. The van der Waals surface area contributed by atoms with Crippen LogP contribution >= 0.6 is 0 Å². The summed E-state index contributed by atoms with van der Waals surface area (Å²) < 4.78 is 15.9. The second kappa shape index (κ2) is 8.87. The van der Waals surface area contributed by atoms with Crippen molar-refractivity contribution in [3.05, 3.63) is 23.8 Å². The lowest BCUT2D eigenvalue weighted by Gasteiger charge is -2.26. The van der Waals surface area contributed by atoms with E-state index in [1.165, 1.54) is 5.56 Å². The van der Waals surface area contributed by atoms with Crippen LogP contribution in [0.5, 0.6) is 11.5 Å². The number of nitrogens with one attached hydrogen (secondary N) is 1. The van der Waals surface area contributed by atoms with Crippen LogP contribution in [0.4, 0.5) is 0 Å². The standard InChI is InChI=1S/C16H26N2O3/c1-19-15-5-4-14(12-16(15)20-2)13-17-6-3-7-18-8-10-21-11-9-18/h4-5,12,17H,3,6-11,13H2,1-2H3. The number of hydrogen-bond donors (Lipinski definition) is 1. The van der Waals surface area contributed by atoms with Crippen LogP contribution in [0.15, 0.2) is 18.2 Å². The third-order valence-electron chi connectivity index (χ3n) is 3.71. The van der Waals surface area contributed by atoms with Gasteiger partial charge in [-0.1, -0.05) is 6.07 Å². The van der Waals surface area contributed by atoms with E-state index in [4.69, 9.17) is 14.2 Å². The van der Waals surface area contributed by atoms with Crippen LogP contribution < -0.4 is 14.8 Å². The number of nitrogens with zero attached hydrogens (tertiary/aromatic N) is 1. The van der Waals surface area contributed by atoms with E-state index in [9.17, 15) is 0 Å². The summed E-state index contributed by atoms with van der Waals surface area (Å²) >= 11 is 0. The molecule has 0 spiro atoms. The van der Waals surface area contributed by atoms with Gasteiger partial charge in [-0.3, -0.25) is 4.90 Å². The number of rotatable bonds is 8. The highest BCUT2D eigenvalue weighted by molar-refractivity contribution is 5.42. The van der Waals surface area contributed by atoms with Crippen molar-refractivity contribution in [3.63, 3.8) is 0 Å². The zero-order chi connectivity index (χ0) is 14.9. The minimum absolute atomic E-state index is 0.772. The van der Waals surface area contributed by atoms with Gasteiger partial charge < -0.3 is 19.5 Å². The molecule has 1 aromatic carbocycles. The topological polar surface area (TPSA) is 43.0 Å². The van der Waals surface area contributed by atoms with Gasteiger partial charge in [0.1, 0.15) is 0 Å². The molecule has 1 aliphatic heterocycles. The molecule has 0 unspecified atom stereocenters. The molecule has 1 saturated heterocycles. The van der Waals surface area contributed by atoms with Crippen LogP contribution in [0.3, 0.4) is 0 Å². The highest BCUT2D eigenvalue weighted by atomic mass is 16.5. The molecule has 0 radical (unpaired) electrons. The lowest BCUT2D eigenvalue weighted by molar-refractivity contribution is 0.0374. The monoisotopic (exact) mass is 294 g/mol. The number of methoxy groups -OCH3 is 2. The van der Waals surface area contributed by atoms with E-state index in [0.717, 1.165) is 63.9 Å². The van der Waals surface area contributed by atoms with Crippen LogP contribution in [0, 0.1) is 0 Å². The highest BCUT2D eigenvalue weighted by Crippen LogP contribution is 2.27. The van der Waals surface area contributed by atoms with Crippen molar-refractivity contribution in [3.8, 4) is 11.5 Å². The highest BCUT2D eigenvalue weighted by Gasteiger charge is 2.09. The van der Waals surface area contributed by atoms with Gasteiger partial charge >= 0.3 is 0 Å². The molecule has 0 bridgehead atoms. The number of ether oxygens (including phenoxy) is 3. The van der Waals surface area contributed by atoms with Crippen molar-refractivity contribution in [2.45, 2.75) is 13.0 Å². The van der Waals surface area contributed by atoms with Crippen molar-refractivity contribution in [2.24, 2.45) is 0 Å². The van der Waals surface area contributed by atoms with Gasteiger partial charge in [-0.05, 0) is 37.2 Å². The first kappa shape index (κ1) is 16.1. The van der Waals surface area contributed by atoms with Gasteiger partial charge in [0.15, 0.2) is 11.5 Å². The van der Waals surface area contributed by atoms with Crippen molar-refractivity contribution in [2.75, 3.05) is 53.6 Å². The van der Waals surface area contributed by atoms with Gasteiger partial charge in [-0.15, -0.1) is 0 Å². The van der Waals surface area contributed by atoms with E-state index in [2.05, 4.69) is 16.3 Å². The Morgan fingerprint density at radius 2 is 1.90 bits per heavy atom. The summed E-state index contributed by atoms with van der Waals surface area (Å²) in [6, 6.07) is 6.04. The molecule has 1 heterocycles. The summed E-state index contributed by atoms with van der Waals surface area (Å²) in [5.41, 5.74) is 1.21. The zero-order valence-corrected chi connectivity index (χ0v) is 13.1. The van der Waals surface area contributed by atoms with Crippen molar-refractivity contribution < 1.29 is 14.2 Å². The second-order valence-corrected chi connectivity index (χ2v) is 5.17. The summed E-state index contributed by atoms with van der Waals surface area (Å²) in [6.45, 7) is 6.89. The molecule has 1 aliphatic rings. The minimum Gasteiger partial charge on any atom is -0.493 e. The maximum Gasteiger partial charge on any atom is 0.161 e. The average Bonchev–Trinajstić information content (AvgIpc) is 2.55. The largest absolute Gasteiger partial charge is 0.493 e. The van der Waals surface area contributed by atoms with Crippen molar-refractivity contribution in [1.82, 2.24) is 10.2 Å². The average molecular weight is 294 g/mol. The lowest BCUT2D eigenvalue weighted by atomic mass is 10.2. The van der Waals surface area contributed by atoms with Gasteiger partial charge in [0.2, 0.25) is 0 Å². The molecule has 21 heavy (non-hydrogen) atoms. The SMILES string of the molecule is COc1ccc(CNCCCN2CCOCC2)cc1OC. The molecule has 5 heteroatoms. The third kappa shape index (κ3) is 5.19. The van der Waals surface area contributed by atoms with E-state index in [-0.39, 0.29) is 0 Å². The molecule has 0 amide bonds. The Balaban J connectivity index is 1.66. The van der Waals surface area contributed by atoms with Crippen LogP contribution in [0.1, 0.15) is 12.0 Å². The molecular formula is C16H26N2O3. The molecule has 0 aliphatic carbocycles. The summed E-state index contributed by atoms with van der Waals surface area (Å²) in [6.07, 6.45) is 1.16. The van der Waals surface area contributed by atoms with Gasteiger partial charge in [-0.2, -0.15) is 0 Å². The predicted octanol–water partition coefficient (Wildman–Crippen LogP) is 1.52. The van der Waals surface area contributed by atoms with Crippen molar-refractivity contribution >= 4 is 0 Å². The molecule has 0 aromatic heterocycles. The Labute approximate surface area is 127 Å². The lowest BCUT2D eigenvalue weighted by Crippen LogP contribution is -2.37. The summed E-state index contributed by atoms with van der Waals surface area (Å²) in [4.78, 5) is 2.46. The van der Waals surface area contributed by atoms with Crippen LogP contribution in [-0.4, -0.2) is 58.5 Å². The Kier molecular flexibility index (Phi) is 6.79. The minimum atomic E-state index is 0.772. The van der Waals surface area contributed by atoms with Gasteiger partial charge in [0, 0.05) is 19.6 Å². The van der Waals surface area contributed by atoms with E-state index in [1.54, 1.807) is 14.2 Å². The molecule has 0 saturated carbocycles. The molecule has 1 fully saturated rings. The van der Waals surface area contributed by atoms with Crippen molar-refractivity contribution in [1.29, 1.82) is 0 Å². The van der Waals surface area contributed by atoms with Crippen LogP contribution in [0.25, 0.3) is 0 Å². The second-order valence-electron chi connectivity index (χ2n) is 5.17. The first-order chi connectivity index (χ1) is 10.3. The van der Waals surface area contributed by atoms with E-state index in [0.29, 0.717) is 0 Å². The number of benzene rings is 1. The summed E-state index contributed by atoms with van der Waals surface area (Å²) in [5.74, 6) is 1.55. The van der Waals surface area contributed by atoms with E-state index in [1.807, 2.05) is 12.1 Å². The predicted molar refractivity (Wildman–Crippen MR) is 83.1 cm³/mol. The smallest absolute Gasteiger partial charge is 0.161 e. The Bertz CT molecular complexity index is 420. The fraction of sp³-hybridized carbons (Fsp3) is 0.625. The Morgan fingerprint density at radius 3 is 2.62 bits per heavy atom. The molecule has 2 rings (SSSR count). The maximum absolute atomic E-state index is 5.35. The summed E-state index contributed by atoms with van der Waals surface area (Å²) in [5, 5.41) is 3.48. The van der Waals surface area contributed by atoms with E-state index < -0.39 is 0 Å². The summed E-state index contributed by atoms with van der Waals surface area (Å²) in [7, 11) is 3.32. The quantitative estimate of drug-likeness (QED) is 0.736. The Morgan fingerprint density at radius 1 is 1.14 bits per heavy atom. The molecule has 0 atom stereocenters. The van der Waals surface area contributed by atoms with Gasteiger partial charge in [0.05, 0.1) is 27.4 Å². The first-order valence-electron chi connectivity index (χ1n) is 7.55. The van der Waals surface area contributed by atoms with Gasteiger partial charge in [-0.25, -0.2) is 0 Å². The fourth-order valence-corrected chi connectivity index (χ4v) is 2.48. The Hall–Kier alpha value is -1.30. The van der Waals surface area contributed by atoms with Crippen LogP contribution in [0.2, 0.25) is 0 Å². The molecule has 5 nitrogen and oxygen atoms in total. The molecule has 118 valence electrons. The molecule has 1 N–H and O–H groups in total. The zero-order valence-electron chi connectivity index (χ0n) is 13.1.